The quantitative estimate of drug-likeness (QED) is 0.767. The molecule has 0 aliphatic heterocycles. The molecular weight excluding hydrogens is 270 g/mol. The van der Waals surface area contributed by atoms with Crippen molar-refractivity contribution in [2.45, 2.75) is 6.54 Å². The highest BCUT2D eigenvalue weighted by Crippen LogP contribution is 2.09. The summed E-state index contributed by atoms with van der Waals surface area (Å²) in [5.41, 5.74) is -0.0314. The van der Waals surface area contributed by atoms with Crippen LogP contribution in [-0.2, 0) is 6.54 Å². The van der Waals surface area contributed by atoms with E-state index in [-0.39, 0.29) is 12.2 Å². The van der Waals surface area contributed by atoms with E-state index in [9.17, 15) is 9.59 Å². The highest BCUT2D eigenvalue weighted by atomic mass is 32.1. The van der Waals surface area contributed by atoms with Gasteiger partial charge in [-0.1, -0.05) is 0 Å². The molecule has 0 unspecified atom stereocenters. The molecule has 0 spiro atoms. The Morgan fingerprint density at radius 2 is 2.21 bits per heavy atom. The molecule has 2 heterocycles. The number of nitrogens with one attached hydrogen (secondary N) is 2. The minimum atomic E-state index is -1.09. The van der Waals surface area contributed by atoms with E-state index in [0.717, 1.165) is 11.3 Å². The lowest BCUT2D eigenvalue weighted by atomic mass is 10.5. The standard InChI is InChI=1S/C10H9N5O3S/c16-9(17)6-5-19-8(14-6)4-13-10(18)15-7-3-11-1-2-12-7/h1-3,5H,4H2,(H,16,17)(H2,12,13,15,18). The number of anilines is 1. The molecule has 0 atom stereocenters. The smallest absolute Gasteiger partial charge is 0.355 e. The number of nitrogens with zero attached hydrogens (tertiary/aromatic N) is 3. The first-order chi connectivity index (χ1) is 9.15. The minimum Gasteiger partial charge on any atom is -0.476 e. The Labute approximate surface area is 111 Å². The second-order valence-electron chi connectivity index (χ2n) is 3.33. The third-order valence-electron chi connectivity index (χ3n) is 1.98. The molecule has 0 aromatic carbocycles. The van der Waals surface area contributed by atoms with Gasteiger partial charge in [0.15, 0.2) is 11.5 Å². The molecule has 98 valence electrons. The van der Waals surface area contributed by atoms with E-state index in [1.54, 1.807) is 0 Å². The zero-order valence-electron chi connectivity index (χ0n) is 9.53. The molecule has 2 aromatic rings. The first-order valence-corrected chi connectivity index (χ1v) is 6.01. The minimum absolute atomic E-state index is 0.0314. The fourth-order valence-corrected chi connectivity index (χ4v) is 1.88. The van der Waals surface area contributed by atoms with Crippen LogP contribution in [0.15, 0.2) is 24.0 Å². The summed E-state index contributed by atoms with van der Waals surface area (Å²) >= 11 is 1.16. The lowest BCUT2D eigenvalue weighted by Crippen LogP contribution is -2.28. The first-order valence-electron chi connectivity index (χ1n) is 5.13. The second kappa shape index (κ2) is 5.87. The molecule has 0 saturated carbocycles. The van der Waals surface area contributed by atoms with Gasteiger partial charge in [0.05, 0.1) is 12.7 Å². The Kier molecular flexibility index (Phi) is 3.98. The zero-order chi connectivity index (χ0) is 13.7. The van der Waals surface area contributed by atoms with Gasteiger partial charge in [-0.05, 0) is 0 Å². The van der Waals surface area contributed by atoms with Crippen molar-refractivity contribution in [3.05, 3.63) is 34.7 Å². The Hall–Kier alpha value is -2.55. The summed E-state index contributed by atoms with van der Waals surface area (Å²) < 4.78 is 0. The maximum Gasteiger partial charge on any atom is 0.355 e. The second-order valence-corrected chi connectivity index (χ2v) is 4.27. The van der Waals surface area contributed by atoms with Crippen molar-refractivity contribution >= 4 is 29.2 Å². The summed E-state index contributed by atoms with van der Waals surface area (Å²) in [4.78, 5) is 33.6. The monoisotopic (exact) mass is 279 g/mol. The number of carbonyl (C=O) groups excluding carboxylic acids is 1. The highest BCUT2D eigenvalue weighted by molar-refractivity contribution is 7.09. The summed E-state index contributed by atoms with van der Waals surface area (Å²) in [5, 5.41) is 15.6. The average Bonchev–Trinajstić information content (AvgIpc) is 2.86. The fraction of sp³-hybridized carbons (Fsp3) is 0.100. The third kappa shape index (κ3) is 3.71. The van der Waals surface area contributed by atoms with Gasteiger partial charge in [0.25, 0.3) is 0 Å². The number of aromatic nitrogens is 3. The number of thiazole rings is 1. The first kappa shape index (κ1) is 12.9. The van der Waals surface area contributed by atoms with E-state index in [1.165, 1.54) is 24.0 Å². The number of urea groups is 1. The average molecular weight is 279 g/mol. The predicted molar refractivity (Wildman–Crippen MR) is 67.0 cm³/mol. The molecule has 0 radical (unpaired) electrons. The van der Waals surface area contributed by atoms with Gasteiger partial charge in [0.2, 0.25) is 0 Å². The largest absolute Gasteiger partial charge is 0.476 e. The van der Waals surface area contributed by atoms with Crippen LogP contribution >= 0.6 is 11.3 Å². The van der Waals surface area contributed by atoms with Crippen LogP contribution in [0.4, 0.5) is 10.6 Å². The Balaban J connectivity index is 1.84. The molecule has 0 saturated heterocycles. The van der Waals surface area contributed by atoms with Crippen LogP contribution < -0.4 is 10.6 Å². The molecule has 2 rings (SSSR count). The van der Waals surface area contributed by atoms with E-state index in [1.807, 2.05) is 0 Å². The number of carboxylic acids is 1. The topological polar surface area (TPSA) is 117 Å². The van der Waals surface area contributed by atoms with E-state index in [2.05, 4.69) is 25.6 Å². The number of carbonyl (C=O) groups is 2. The Morgan fingerprint density at radius 3 is 2.84 bits per heavy atom. The van der Waals surface area contributed by atoms with Crippen LogP contribution in [0.3, 0.4) is 0 Å². The van der Waals surface area contributed by atoms with Gasteiger partial charge in [-0.2, -0.15) is 0 Å². The molecule has 0 aliphatic rings. The van der Waals surface area contributed by atoms with Crippen molar-refractivity contribution in [3.8, 4) is 0 Å². The van der Waals surface area contributed by atoms with Crippen molar-refractivity contribution < 1.29 is 14.7 Å². The predicted octanol–water partition coefficient (Wildman–Crippen LogP) is 0.953. The van der Waals surface area contributed by atoms with Crippen molar-refractivity contribution in [2.24, 2.45) is 0 Å². The number of carboxylic acid groups (broad SMARTS) is 1. The summed E-state index contributed by atoms with van der Waals surface area (Å²) in [7, 11) is 0. The van der Waals surface area contributed by atoms with Crippen molar-refractivity contribution in [3.63, 3.8) is 0 Å². The lowest BCUT2D eigenvalue weighted by molar-refractivity contribution is 0.0691. The lowest BCUT2D eigenvalue weighted by Gasteiger charge is -2.04. The van der Waals surface area contributed by atoms with Gasteiger partial charge in [0.1, 0.15) is 5.01 Å². The molecule has 9 heteroatoms. The Morgan fingerprint density at radius 1 is 1.37 bits per heavy atom. The van der Waals surface area contributed by atoms with Crippen LogP contribution in [-0.4, -0.2) is 32.1 Å². The summed E-state index contributed by atoms with van der Waals surface area (Å²) in [6.45, 7) is 0.143. The maximum atomic E-state index is 11.5. The van der Waals surface area contributed by atoms with E-state index < -0.39 is 12.0 Å². The molecule has 3 N–H and O–H groups in total. The van der Waals surface area contributed by atoms with Crippen LogP contribution in [0.1, 0.15) is 15.5 Å². The molecule has 0 bridgehead atoms. The molecular formula is C10H9N5O3S. The fourth-order valence-electron chi connectivity index (χ4n) is 1.17. The SMILES string of the molecule is O=C(NCc1nc(C(=O)O)cs1)Nc1cnccn1. The molecule has 2 aromatic heterocycles. The summed E-state index contributed by atoms with van der Waals surface area (Å²) in [6, 6.07) is -0.465. The van der Waals surface area contributed by atoms with E-state index in [0.29, 0.717) is 10.8 Å². The Bertz CT molecular complexity index is 586. The van der Waals surface area contributed by atoms with Gasteiger partial charge in [-0.25, -0.2) is 19.6 Å². The van der Waals surface area contributed by atoms with E-state index in [4.69, 9.17) is 5.11 Å². The number of aromatic carboxylic acids is 1. The van der Waals surface area contributed by atoms with E-state index >= 15 is 0 Å². The van der Waals surface area contributed by atoms with Crippen molar-refractivity contribution in [1.82, 2.24) is 20.3 Å². The normalized spacial score (nSPS) is 9.89. The third-order valence-corrected chi connectivity index (χ3v) is 2.82. The molecule has 0 aliphatic carbocycles. The van der Waals surface area contributed by atoms with Gasteiger partial charge < -0.3 is 10.4 Å². The van der Waals surface area contributed by atoms with Crippen LogP contribution in [0.2, 0.25) is 0 Å². The number of rotatable bonds is 4. The number of amides is 2. The number of hydrogen-bond donors (Lipinski definition) is 3. The maximum absolute atomic E-state index is 11.5. The molecule has 2 amide bonds. The zero-order valence-corrected chi connectivity index (χ0v) is 10.3. The van der Waals surface area contributed by atoms with Gasteiger partial charge >= 0.3 is 12.0 Å². The number of hydrogen-bond acceptors (Lipinski definition) is 6. The van der Waals surface area contributed by atoms with Crippen molar-refractivity contribution in [2.75, 3.05) is 5.32 Å². The van der Waals surface area contributed by atoms with Crippen LogP contribution in [0.5, 0.6) is 0 Å². The van der Waals surface area contributed by atoms with Crippen LogP contribution in [0, 0.1) is 0 Å². The van der Waals surface area contributed by atoms with Crippen LogP contribution in [0.25, 0.3) is 0 Å². The van der Waals surface area contributed by atoms with Gasteiger partial charge in [-0.15, -0.1) is 11.3 Å². The van der Waals surface area contributed by atoms with Crippen molar-refractivity contribution in [1.29, 1.82) is 0 Å². The molecule has 0 fully saturated rings. The summed E-state index contributed by atoms with van der Waals surface area (Å²) in [6.07, 6.45) is 4.35. The van der Waals surface area contributed by atoms with Gasteiger partial charge in [0, 0.05) is 17.8 Å². The molecule has 19 heavy (non-hydrogen) atoms. The van der Waals surface area contributed by atoms with Gasteiger partial charge in [-0.3, -0.25) is 10.3 Å². The summed E-state index contributed by atoms with van der Waals surface area (Å²) in [5.74, 6) is -0.767. The molecule has 8 nitrogen and oxygen atoms in total. The highest BCUT2D eigenvalue weighted by Gasteiger charge is 2.09.